The first-order valence-corrected chi connectivity index (χ1v) is 12.4. The lowest BCUT2D eigenvalue weighted by atomic mass is 10.2. The molecule has 9 nitrogen and oxygen atoms in total. The molecule has 190 valence electrons. The van der Waals surface area contributed by atoms with Crippen LogP contribution in [-0.2, 0) is 23.9 Å². The summed E-state index contributed by atoms with van der Waals surface area (Å²) in [6.07, 6.45) is -9.79. The highest BCUT2D eigenvalue weighted by Crippen LogP contribution is 2.48. The van der Waals surface area contributed by atoms with Gasteiger partial charge in [0, 0.05) is 26.2 Å². The molecule has 0 saturated heterocycles. The van der Waals surface area contributed by atoms with Crippen molar-refractivity contribution in [3.05, 3.63) is 35.5 Å². The highest BCUT2D eigenvalue weighted by molar-refractivity contribution is 7.91. The Morgan fingerprint density at radius 3 is 2.19 bits per heavy atom. The molecule has 0 N–H and O–H groups in total. The van der Waals surface area contributed by atoms with Crippen LogP contribution in [0.2, 0.25) is 5.15 Å². The summed E-state index contributed by atoms with van der Waals surface area (Å²) in [6, 6.07) is 6.83. The second-order valence-electron chi connectivity index (χ2n) is 7.92. The number of nitrogens with zero attached hydrogens (tertiary/aromatic N) is 5. The molecule has 0 amide bonds. The van der Waals surface area contributed by atoms with E-state index < -0.39 is 33.6 Å². The maximum absolute atomic E-state index is 13.7. The van der Waals surface area contributed by atoms with E-state index in [2.05, 4.69) is 24.4 Å². The standard InChI is InChI=1S/C21H16ClF4N5O4S/c1-4-36(32,33)19-16(29-17(31(19)3)10-6-5-7-15(22)27-10)18-28-11-8-13-14(9-12(11)30(18)2)35-21(25,26)20(23,24)34-13/h5-9H,4H2,1-3H3. The van der Waals surface area contributed by atoms with E-state index in [1.807, 2.05) is 0 Å². The molecule has 5 rings (SSSR count). The van der Waals surface area contributed by atoms with Crippen LogP contribution < -0.4 is 9.47 Å². The summed E-state index contributed by atoms with van der Waals surface area (Å²) in [5.41, 5.74) is 0.486. The number of halogens is 5. The number of hydrogen-bond acceptors (Lipinski definition) is 7. The third-order valence-electron chi connectivity index (χ3n) is 5.63. The molecule has 1 aliphatic rings. The van der Waals surface area contributed by atoms with E-state index in [1.165, 1.54) is 30.2 Å². The molecule has 0 radical (unpaired) electrons. The monoisotopic (exact) mass is 545 g/mol. The maximum Gasteiger partial charge on any atom is 0.507 e. The molecule has 0 bridgehead atoms. The van der Waals surface area contributed by atoms with Crippen LogP contribution in [0, 0.1) is 0 Å². The Kier molecular flexibility index (Phi) is 5.27. The number of benzene rings is 1. The number of imidazole rings is 2. The quantitative estimate of drug-likeness (QED) is 0.276. The van der Waals surface area contributed by atoms with Crippen LogP contribution in [0.15, 0.2) is 35.4 Å². The third-order valence-corrected chi connectivity index (χ3v) is 7.66. The molecule has 0 aliphatic carbocycles. The van der Waals surface area contributed by atoms with Gasteiger partial charge in [-0.3, -0.25) is 0 Å². The van der Waals surface area contributed by atoms with Crippen molar-refractivity contribution in [1.82, 2.24) is 24.1 Å². The Balaban J connectivity index is 1.75. The molecular weight excluding hydrogens is 530 g/mol. The largest absolute Gasteiger partial charge is 0.507 e. The zero-order valence-corrected chi connectivity index (χ0v) is 20.3. The van der Waals surface area contributed by atoms with Gasteiger partial charge in [-0.15, -0.1) is 0 Å². The van der Waals surface area contributed by atoms with Crippen molar-refractivity contribution < 1.29 is 35.5 Å². The summed E-state index contributed by atoms with van der Waals surface area (Å²) in [6.45, 7) is 1.46. The molecule has 0 spiro atoms. The van der Waals surface area contributed by atoms with E-state index in [1.54, 1.807) is 18.2 Å². The van der Waals surface area contributed by atoms with Gasteiger partial charge in [0.05, 0.1) is 16.8 Å². The van der Waals surface area contributed by atoms with Gasteiger partial charge in [-0.1, -0.05) is 24.6 Å². The van der Waals surface area contributed by atoms with Crippen molar-refractivity contribution >= 4 is 32.5 Å². The van der Waals surface area contributed by atoms with Crippen LogP contribution in [-0.4, -0.2) is 50.5 Å². The molecule has 36 heavy (non-hydrogen) atoms. The lowest BCUT2D eigenvalue weighted by Crippen LogP contribution is -2.52. The number of rotatable bonds is 4. The first-order valence-electron chi connectivity index (χ1n) is 10.3. The zero-order chi connectivity index (χ0) is 26.2. The molecule has 1 aromatic carbocycles. The van der Waals surface area contributed by atoms with Crippen LogP contribution in [0.25, 0.3) is 34.1 Å². The normalized spacial score (nSPS) is 16.4. The van der Waals surface area contributed by atoms with E-state index in [4.69, 9.17) is 11.6 Å². The average Bonchev–Trinajstić information content (AvgIpc) is 3.30. The molecule has 4 heterocycles. The van der Waals surface area contributed by atoms with Crippen molar-refractivity contribution in [3.8, 4) is 34.5 Å². The smallest absolute Gasteiger partial charge is 0.421 e. The van der Waals surface area contributed by atoms with Gasteiger partial charge in [0.2, 0.25) is 0 Å². The summed E-state index contributed by atoms with van der Waals surface area (Å²) >= 11 is 6.00. The van der Waals surface area contributed by atoms with E-state index in [-0.39, 0.29) is 44.3 Å². The number of sulfone groups is 1. The van der Waals surface area contributed by atoms with Crippen molar-refractivity contribution in [2.45, 2.75) is 24.2 Å². The topological polar surface area (TPSA) is 101 Å². The number of aromatic nitrogens is 5. The summed E-state index contributed by atoms with van der Waals surface area (Å²) in [5, 5.41) is -0.00521. The molecule has 15 heteroatoms. The summed E-state index contributed by atoms with van der Waals surface area (Å²) in [5.74, 6) is -1.32. The van der Waals surface area contributed by atoms with E-state index >= 15 is 0 Å². The SMILES string of the molecule is CCS(=O)(=O)c1c(-c2nc3cc4c(cc3n2C)OC(F)(F)C(F)(F)O4)nc(-c2cccc(Cl)n2)n1C. The second-order valence-corrected chi connectivity index (χ2v) is 10.5. The molecule has 0 saturated carbocycles. The van der Waals surface area contributed by atoms with Crippen LogP contribution >= 0.6 is 11.6 Å². The molecular formula is C21H16ClF4N5O4S. The minimum atomic E-state index is -4.90. The van der Waals surface area contributed by atoms with Gasteiger partial charge in [-0.05, 0) is 12.1 Å². The lowest BCUT2D eigenvalue weighted by Gasteiger charge is -2.31. The van der Waals surface area contributed by atoms with Gasteiger partial charge < -0.3 is 18.6 Å². The Hall–Kier alpha value is -3.39. The average molecular weight is 546 g/mol. The van der Waals surface area contributed by atoms with Gasteiger partial charge in [-0.25, -0.2) is 23.4 Å². The number of alkyl halides is 4. The molecule has 3 aromatic heterocycles. The molecule has 1 aliphatic heterocycles. The van der Waals surface area contributed by atoms with Crippen molar-refractivity contribution in [2.75, 3.05) is 5.75 Å². The van der Waals surface area contributed by atoms with Crippen LogP contribution in [0.1, 0.15) is 6.92 Å². The second kappa shape index (κ2) is 7.80. The lowest BCUT2D eigenvalue weighted by molar-refractivity contribution is -0.391. The highest BCUT2D eigenvalue weighted by Gasteiger charge is 2.66. The molecule has 0 unspecified atom stereocenters. The minimum absolute atomic E-state index is 0.0294. The Morgan fingerprint density at radius 2 is 1.58 bits per heavy atom. The first kappa shape index (κ1) is 24.3. The van der Waals surface area contributed by atoms with E-state index in [0.717, 1.165) is 12.1 Å². The third kappa shape index (κ3) is 3.58. The van der Waals surface area contributed by atoms with E-state index in [9.17, 15) is 26.0 Å². The summed E-state index contributed by atoms with van der Waals surface area (Å²) < 4.78 is 91.9. The van der Waals surface area contributed by atoms with Crippen LogP contribution in [0.5, 0.6) is 11.5 Å². The zero-order valence-electron chi connectivity index (χ0n) is 18.8. The molecule has 0 atom stereocenters. The molecule has 4 aromatic rings. The van der Waals surface area contributed by atoms with Crippen molar-refractivity contribution in [2.24, 2.45) is 14.1 Å². The first-order chi connectivity index (χ1) is 16.8. The van der Waals surface area contributed by atoms with Gasteiger partial charge in [-0.2, -0.15) is 17.6 Å². The fraction of sp³-hybridized carbons (Fsp3) is 0.286. The summed E-state index contributed by atoms with van der Waals surface area (Å²) in [7, 11) is -0.889. The Bertz CT molecular complexity index is 1650. The highest BCUT2D eigenvalue weighted by atomic mass is 35.5. The van der Waals surface area contributed by atoms with Gasteiger partial charge in [0.15, 0.2) is 38.0 Å². The Labute approximate surface area is 206 Å². The number of ether oxygens (including phenoxy) is 2. The predicted octanol–water partition coefficient (Wildman–Crippen LogP) is 4.44. The van der Waals surface area contributed by atoms with Crippen LogP contribution in [0.4, 0.5) is 17.6 Å². The van der Waals surface area contributed by atoms with Crippen LogP contribution in [0.3, 0.4) is 0 Å². The minimum Gasteiger partial charge on any atom is -0.421 e. The maximum atomic E-state index is 13.7. The van der Waals surface area contributed by atoms with E-state index in [0.29, 0.717) is 5.69 Å². The van der Waals surface area contributed by atoms with Gasteiger partial charge in [0.25, 0.3) is 0 Å². The number of aryl methyl sites for hydroxylation is 1. The Morgan fingerprint density at radius 1 is 0.944 bits per heavy atom. The van der Waals surface area contributed by atoms with Crippen molar-refractivity contribution in [3.63, 3.8) is 0 Å². The predicted molar refractivity (Wildman–Crippen MR) is 120 cm³/mol. The number of pyridine rings is 1. The van der Waals surface area contributed by atoms with Crippen molar-refractivity contribution in [1.29, 1.82) is 0 Å². The van der Waals surface area contributed by atoms with Gasteiger partial charge in [0.1, 0.15) is 16.5 Å². The fourth-order valence-electron chi connectivity index (χ4n) is 3.85. The fourth-order valence-corrected chi connectivity index (χ4v) is 5.22. The number of hydrogen-bond donors (Lipinski definition) is 0. The number of fused-ring (bicyclic) bond motifs is 2. The van der Waals surface area contributed by atoms with Gasteiger partial charge >= 0.3 is 12.2 Å². The summed E-state index contributed by atoms with van der Waals surface area (Å²) in [4.78, 5) is 13.0. The molecule has 0 fully saturated rings.